The fourth-order valence-electron chi connectivity index (χ4n) is 9.07. The zero-order chi connectivity index (χ0) is 37.5. The molecule has 1 aliphatic heterocycles. The normalized spacial score (nSPS) is 14.5. The average Bonchev–Trinajstić information content (AvgIpc) is 3.96. The van der Waals surface area contributed by atoms with Crippen LogP contribution < -0.4 is 5.32 Å². The summed E-state index contributed by atoms with van der Waals surface area (Å²) in [4.78, 5) is 0. The Kier molecular flexibility index (Phi) is 6.96. The van der Waals surface area contributed by atoms with Gasteiger partial charge in [0.25, 0.3) is 0 Å². The molecule has 57 heavy (non-hydrogen) atoms. The van der Waals surface area contributed by atoms with E-state index in [0.717, 1.165) is 72.0 Å². The van der Waals surface area contributed by atoms with Crippen molar-refractivity contribution in [3.05, 3.63) is 211 Å². The SMILES string of the molecule is C1=C(c2ccccc2)C=C(c2ccccc2)NC1c1cccc2oc3ccc(-c4cccc5oc6ccc(-n7c8ccccc8c8ccccc87)cc6c45)cc3c12. The van der Waals surface area contributed by atoms with Gasteiger partial charge in [0, 0.05) is 43.7 Å². The van der Waals surface area contributed by atoms with Gasteiger partial charge in [0.1, 0.15) is 22.3 Å². The summed E-state index contributed by atoms with van der Waals surface area (Å²) >= 11 is 0. The highest BCUT2D eigenvalue weighted by molar-refractivity contribution is 6.16. The molecule has 1 atom stereocenters. The number of rotatable bonds is 5. The second-order valence-corrected chi connectivity index (χ2v) is 14.9. The molecule has 0 aliphatic carbocycles. The highest BCUT2D eigenvalue weighted by Crippen LogP contribution is 2.43. The first kappa shape index (κ1) is 31.8. The summed E-state index contributed by atoms with van der Waals surface area (Å²) in [5, 5.41) is 10.8. The third-order valence-corrected chi connectivity index (χ3v) is 11.6. The second kappa shape index (κ2) is 12.5. The van der Waals surface area contributed by atoms with Crippen molar-refractivity contribution in [1.82, 2.24) is 9.88 Å². The maximum absolute atomic E-state index is 6.58. The zero-order valence-corrected chi connectivity index (χ0v) is 30.8. The molecular weight excluding hydrogens is 697 g/mol. The molecule has 1 unspecified atom stereocenters. The molecule has 0 fully saturated rings. The van der Waals surface area contributed by atoms with Gasteiger partial charge in [-0.2, -0.15) is 0 Å². The molecule has 3 aromatic heterocycles. The lowest BCUT2D eigenvalue weighted by molar-refractivity contribution is 0.668. The summed E-state index contributed by atoms with van der Waals surface area (Å²) < 4.78 is 15.5. The Labute approximate surface area is 328 Å². The third kappa shape index (κ3) is 5.01. The van der Waals surface area contributed by atoms with Crippen molar-refractivity contribution in [3.8, 4) is 16.8 Å². The fraction of sp³-hybridized carbons (Fsp3) is 0.0189. The van der Waals surface area contributed by atoms with E-state index < -0.39 is 0 Å². The third-order valence-electron chi connectivity index (χ3n) is 11.6. The quantitative estimate of drug-likeness (QED) is 0.192. The minimum atomic E-state index is -0.0888. The van der Waals surface area contributed by atoms with E-state index in [-0.39, 0.29) is 6.04 Å². The van der Waals surface area contributed by atoms with Gasteiger partial charge in [0.05, 0.1) is 17.1 Å². The predicted octanol–water partition coefficient (Wildman–Crippen LogP) is 14.0. The molecule has 8 aromatic carbocycles. The summed E-state index contributed by atoms with van der Waals surface area (Å²) in [5.41, 5.74) is 14.9. The highest BCUT2D eigenvalue weighted by Gasteiger charge is 2.23. The molecule has 0 spiro atoms. The van der Waals surface area contributed by atoms with Gasteiger partial charge in [-0.3, -0.25) is 0 Å². The summed E-state index contributed by atoms with van der Waals surface area (Å²) in [7, 11) is 0. The lowest BCUT2D eigenvalue weighted by Gasteiger charge is -2.26. The van der Waals surface area contributed by atoms with Gasteiger partial charge in [-0.15, -0.1) is 0 Å². The largest absolute Gasteiger partial charge is 0.456 e. The number of hydrogen-bond donors (Lipinski definition) is 1. The molecule has 1 N–H and O–H groups in total. The van der Waals surface area contributed by atoms with Gasteiger partial charge in [-0.1, -0.05) is 127 Å². The summed E-state index contributed by atoms with van der Waals surface area (Å²) in [6, 6.07) is 64.4. The van der Waals surface area contributed by atoms with E-state index in [0.29, 0.717) is 0 Å². The van der Waals surface area contributed by atoms with Crippen molar-refractivity contribution >= 4 is 77.0 Å². The van der Waals surface area contributed by atoms with E-state index in [9.17, 15) is 0 Å². The number of fused-ring (bicyclic) bond motifs is 9. The Morgan fingerprint density at radius 3 is 1.79 bits per heavy atom. The van der Waals surface area contributed by atoms with Crippen molar-refractivity contribution in [2.75, 3.05) is 0 Å². The first-order valence-electron chi connectivity index (χ1n) is 19.5. The van der Waals surface area contributed by atoms with E-state index in [1.54, 1.807) is 0 Å². The number of nitrogens with one attached hydrogen (secondary N) is 1. The van der Waals surface area contributed by atoms with Crippen LogP contribution in [0.15, 0.2) is 203 Å². The Morgan fingerprint density at radius 2 is 1.05 bits per heavy atom. The van der Waals surface area contributed by atoms with Crippen molar-refractivity contribution < 1.29 is 8.83 Å². The van der Waals surface area contributed by atoms with Crippen LogP contribution in [0, 0.1) is 0 Å². The van der Waals surface area contributed by atoms with Gasteiger partial charge >= 0.3 is 0 Å². The summed E-state index contributed by atoms with van der Waals surface area (Å²) in [6.45, 7) is 0. The van der Waals surface area contributed by atoms with E-state index >= 15 is 0 Å². The zero-order valence-electron chi connectivity index (χ0n) is 30.8. The number of benzene rings is 8. The van der Waals surface area contributed by atoms with Crippen LogP contribution in [0.4, 0.5) is 0 Å². The number of allylic oxidation sites excluding steroid dienone is 2. The number of aromatic nitrogens is 1. The summed E-state index contributed by atoms with van der Waals surface area (Å²) in [5.74, 6) is 0. The van der Waals surface area contributed by atoms with E-state index in [2.05, 4.69) is 204 Å². The van der Waals surface area contributed by atoms with Gasteiger partial charge in [-0.25, -0.2) is 0 Å². The van der Waals surface area contributed by atoms with Crippen molar-refractivity contribution in [1.29, 1.82) is 0 Å². The molecule has 0 amide bonds. The van der Waals surface area contributed by atoms with Crippen LogP contribution in [-0.4, -0.2) is 4.57 Å². The molecule has 4 heterocycles. The maximum Gasteiger partial charge on any atom is 0.136 e. The Hall–Kier alpha value is -7.56. The first-order valence-corrected chi connectivity index (χ1v) is 19.5. The molecule has 12 rings (SSSR count). The molecule has 0 radical (unpaired) electrons. The number of hydrogen-bond acceptors (Lipinski definition) is 3. The molecule has 0 bridgehead atoms. The van der Waals surface area contributed by atoms with Crippen LogP contribution in [0.25, 0.3) is 93.8 Å². The van der Waals surface area contributed by atoms with Crippen molar-refractivity contribution in [2.45, 2.75) is 6.04 Å². The molecule has 4 nitrogen and oxygen atoms in total. The van der Waals surface area contributed by atoms with Crippen LogP contribution in [-0.2, 0) is 0 Å². The molecule has 268 valence electrons. The standard InChI is InChI=1S/C53H34N2O2/c1-3-13-33(14-4-1)36-30-44(34-15-5-2-6-16-34)54-45(31-36)41-20-12-24-51-53(41)42-29-35(25-27-48(42)56-51)38-19-11-23-50-52(38)43-32-37(26-28-49(43)57-50)55-46-21-9-7-17-39(46)40-18-8-10-22-47(40)55/h1-32,45,54H. The maximum atomic E-state index is 6.58. The van der Waals surface area contributed by atoms with Gasteiger partial charge in [-0.05, 0) is 100 Å². The second-order valence-electron chi connectivity index (χ2n) is 14.9. The molecule has 0 saturated heterocycles. The predicted molar refractivity (Wildman–Crippen MR) is 235 cm³/mol. The lowest BCUT2D eigenvalue weighted by Crippen LogP contribution is -2.22. The average molecular weight is 731 g/mol. The Balaban J connectivity index is 1.03. The minimum absolute atomic E-state index is 0.0888. The molecule has 0 saturated carbocycles. The van der Waals surface area contributed by atoms with E-state index in [1.807, 2.05) is 0 Å². The molecular formula is C53H34N2O2. The van der Waals surface area contributed by atoms with E-state index in [4.69, 9.17) is 8.83 Å². The van der Waals surface area contributed by atoms with Crippen LogP contribution >= 0.6 is 0 Å². The highest BCUT2D eigenvalue weighted by atomic mass is 16.3. The van der Waals surface area contributed by atoms with Crippen molar-refractivity contribution in [2.24, 2.45) is 0 Å². The lowest BCUT2D eigenvalue weighted by atomic mass is 9.91. The monoisotopic (exact) mass is 730 g/mol. The smallest absolute Gasteiger partial charge is 0.136 e. The van der Waals surface area contributed by atoms with Crippen LogP contribution in [0.1, 0.15) is 22.7 Å². The topological polar surface area (TPSA) is 43.2 Å². The number of furan rings is 2. The van der Waals surface area contributed by atoms with Gasteiger partial charge in [0.2, 0.25) is 0 Å². The summed E-state index contributed by atoms with van der Waals surface area (Å²) in [6.07, 6.45) is 4.60. The van der Waals surface area contributed by atoms with Gasteiger partial charge in [0.15, 0.2) is 0 Å². The molecule has 11 aromatic rings. The molecule has 4 heteroatoms. The Bertz CT molecular complexity index is 3380. The Morgan fingerprint density at radius 1 is 0.439 bits per heavy atom. The van der Waals surface area contributed by atoms with Crippen LogP contribution in [0.2, 0.25) is 0 Å². The van der Waals surface area contributed by atoms with Crippen LogP contribution in [0.3, 0.4) is 0 Å². The number of dihydropyridines is 1. The fourth-order valence-corrected chi connectivity index (χ4v) is 9.07. The number of nitrogens with zero attached hydrogens (tertiary/aromatic N) is 1. The van der Waals surface area contributed by atoms with Crippen molar-refractivity contribution in [3.63, 3.8) is 0 Å². The first-order chi connectivity index (χ1) is 28.2. The van der Waals surface area contributed by atoms with Crippen LogP contribution in [0.5, 0.6) is 0 Å². The van der Waals surface area contributed by atoms with E-state index in [1.165, 1.54) is 38.5 Å². The van der Waals surface area contributed by atoms with Gasteiger partial charge < -0.3 is 18.7 Å². The molecule has 1 aliphatic rings. The number of para-hydroxylation sites is 2. The minimum Gasteiger partial charge on any atom is -0.456 e.